The highest BCUT2D eigenvalue weighted by molar-refractivity contribution is 7.15. The Bertz CT molecular complexity index is 515. The normalized spacial score (nSPS) is 18.7. The van der Waals surface area contributed by atoms with Crippen molar-refractivity contribution in [2.24, 2.45) is 5.41 Å². The van der Waals surface area contributed by atoms with E-state index >= 15 is 0 Å². The molecule has 0 spiro atoms. The molecule has 2 amide bonds. The molecule has 0 saturated heterocycles. The van der Waals surface area contributed by atoms with Crippen LogP contribution in [0.4, 0.5) is 9.93 Å². The maximum Gasteiger partial charge on any atom is 0.321 e. The molecular weight excluding hydrogens is 266 g/mol. The minimum absolute atomic E-state index is 0.180. The molecular formula is C12H15N3O3S. The van der Waals surface area contributed by atoms with Gasteiger partial charge in [-0.25, -0.2) is 9.78 Å². The number of carbonyl (C=O) groups excluding carboxylic acids is 1. The number of aryl methyl sites for hydroxylation is 2. The van der Waals surface area contributed by atoms with E-state index in [0.717, 1.165) is 25.0 Å². The highest BCUT2D eigenvalue weighted by atomic mass is 32.1. The van der Waals surface area contributed by atoms with Gasteiger partial charge < -0.3 is 10.4 Å². The van der Waals surface area contributed by atoms with Crippen LogP contribution in [0.5, 0.6) is 0 Å². The summed E-state index contributed by atoms with van der Waals surface area (Å²) in [4.78, 5) is 28.3. The number of thiazole rings is 1. The van der Waals surface area contributed by atoms with Gasteiger partial charge in [0.05, 0.1) is 11.1 Å². The van der Waals surface area contributed by atoms with Crippen molar-refractivity contribution in [3.05, 3.63) is 10.6 Å². The van der Waals surface area contributed by atoms with Crippen LogP contribution in [0.2, 0.25) is 0 Å². The fourth-order valence-corrected chi connectivity index (χ4v) is 3.30. The molecule has 0 radical (unpaired) electrons. The molecule has 2 aliphatic carbocycles. The second kappa shape index (κ2) is 4.48. The molecule has 2 aliphatic rings. The number of nitrogens with zero attached hydrogens (tertiary/aromatic N) is 1. The van der Waals surface area contributed by atoms with Gasteiger partial charge in [-0.05, 0) is 32.1 Å². The van der Waals surface area contributed by atoms with Gasteiger partial charge in [0.1, 0.15) is 0 Å². The van der Waals surface area contributed by atoms with Crippen LogP contribution in [0.25, 0.3) is 0 Å². The summed E-state index contributed by atoms with van der Waals surface area (Å²) in [5.41, 5.74) is 0.353. The van der Waals surface area contributed by atoms with Crippen LogP contribution >= 0.6 is 11.3 Å². The maximum atomic E-state index is 11.7. The number of aromatic nitrogens is 1. The van der Waals surface area contributed by atoms with Crippen LogP contribution in [0, 0.1) is 5.41 Å². The molecule has 1 fully saturated rings. The van der Waals surface area contributed by atoms with E-state index in [4.69, 9.17) is 5.11 Å². The van der Waals surface area contributed by atoms with Gasteiger partial charge in [0.2, 0.25) is 0 Å². The third-order valence-corrected chi connectivity index (χ3v) is 4.78. The fourth-order valence-electron chi connectivity index (χ4n) is 2.25. The Morgan fingerprint density at radius 3 is 2.79 bits per heavy atom. The van der Waals surface area contributed by atoms with Crippen molar-refractivity contribution in [1.82, 2.24) is 10.3 Å². The van der Waals surface area contributed by atoms with Gasteiger partial charge in [-0.1, -0.05) is 0 Å². The van der Waals surface area contributed by atoms with E-state index in [-0.39, 0.29) is 12.6 Å². The zero-order valence-corrected chi connectivity index (χ0v) is 11.2. The largest absolute Gasteiger partial charge is 0.481 e. The number of carbonyl (C=O) groups is 2. The SMILES string of the molecule is O=C(NCC1(C(=O)O)CC1)Nc1nc2c(s1)CCC2. The number of aliphatic carboxylic acids is 1. The molecule has 0 aliphatic heterocycles. The van der Waals surface area contributed by atoms with Crippen LogP contribution in [-0.4, -0.2) is 28.6 Å². The van der Waals surface area contributed by atoms with E-state index in [1.165, 1.54) is 16.2 Å². The first-order valence-electron chi connectivity index (χ1n) is 6.36. The number of nitrogens with one attached hydrogen (secondary N) is 2. The zero-order chi connectivity index (χ0) is 13.5. The summed E-state index contributed by atoms with van der Waals surface area (Å²) in [5.74, 6) is -0.832. The molecule has 0 unspecified atom stereocenters. The van der Waals surface area contributed by atoms with Crippen molar-refractivity contribution >= 4 is 28.5 Å². The second-order valence-corrected chi connectivity index (χ2v) is 6.22. The third-order valence-electron chi connectivity index (χ3n) is 3.71. The molecule has 102 valence electrons. The van der Waals surface area contributed by atoms with E-state index < -0.39 is 11.4 Å². The number of urea groups is 1. The standard InChI is InChI=1S/C12H15N3O3S/c16-9(17)12(4-5-12)6-13-10(18)15-11-14-7-2-1-3-8(7)19-11/h1-6H2,(H,16,17)(H2,13,14,15,18). The maximum absolute atomic E-state index is 11.7. The van der Waals surface area contributed by atoms with Gasteiger partial charge >= 0.3 is 12.0 Å². The van der Waals surface area contributed by atoms with Crippen LogP contribution in [0.15, 0.2) is 0 Å². The first kappa shape index (κ1) is 12.4. The lowest BCUT2D eigenvalue weighted by atomic mass is 10.1. The van der Waals surface area contributed by atoms with Crippen molar-refractivity contribution in [3.8, 4) is 0 Å². The topological polar surface area (TPSA) is 91.3 Å². The molecule has 1 saturated carbocycles. The van der Waals surface area contributed by atoms with Crippen molar-refractivity contribution in [2.75, 3.05) is 11.9 Å². The van der Waals surface area contributed by atoms with Crippen LogP contribution < -0.4 is 10.6 Å². The van der Waals surface area contributed by atoms with Crippen LogP contribution in [-0.2, 0) is 17.6 Å². The van der Waals surface area contributed by atoms with E-state index in [1.807, 2.05) is 0 Å². The van der Waals surface area contributed by atoms with E-state index in [1.54, 1.807) is 0 Å². The zero-order valence-electron chi connectivity index (χ0n) is 10.4. The molecule has 3 N–H and O–H groups in total. The molecule has 1 heterocycles. The third kappa shape index (κ3) is 2.42. The molecule has 19 heavy (non-hydrogen) atoms. The van der Waals surface area contributed by atoms with Crippen molar-refractivity contribution in [1.29, 1.82) is 0 Å². The Balaban J connectivity index is 1.52. The first-order chi connectivity index (χ1) is 9.09. The number of hydrogen-bond donors (Lipinski definition) is 3. The molecule has 6 nitrogen and oxygen atoms in total. The first-order valence-corrected chi connectivity index (χ1v) is 7.18. The number of hydrogen-bond acceptors (Lipinski definition) is 4. The molecule has 3 rings (SSSR count). The smallest absolute Gasteiger partial charge is 0.321 e. The van der Waals surface area contributed by atoms with Gasteiger partial charge in [0.25, 0.3) is 0 Å². The Kier molecular flexibility index (Phi) is 2.93. The summed E-state index contributed by atoms with van der Waals surface area (Å²) in [6.45, 7) is 0.180. The minimum atomic E-state index is -0.832. The Morgan fingerprint density at radius 1 is 1.37 bits per heavy atom. The van der Waals surface area contributed by atoms with Crippen LogP contribution in [0.3, 0.4) is 0 Å². The summed E-state index contributed by atoms with van der Waals surface area (Å²) >= 11 is 1.51. The number of rotatable bonds is 4. The van der Waals surface area contributed by atoms with E-state index in [2.05, 4.69) is 15.6 Å². The number of fused-ring (bicyclic) bond motifs is 1. The highest BCUT2D eigenvalue weighted by Gasteiger charge is 2.50. The fraction of sp³-hybridized carbons (Fsp3) is 0.583. The molecule has 1 aromatic rings. The monoisotopic (exact) mass is 281 g/mol. The van der Waals surface area contributed by atoms with Gasteiger partial charge in [0, 0.05) is 11.4 Å². The number of carboxylic acids is 1. The van der Waals surface area contributed by atoms with E-state index in [9.17, 15) is 9.59 Å². The molecule has 0 aromatic carbocycles. The molecule has 0 bridgehead atoms. The second-order valence-electron chi connectivity index (χ2n) is 5.14. The Labute approximate surface area is 114 Å². The average Bonchev–Trinajstić information content (AvgIpc) is 2.89. The van der Waals surface area contributed by atoms with Crippen molar-refractivity contribution in [3.63, 3.8) is 0 Å². The predicted molar refractivity (Wildman–Crippen MR) is 70.5 cm³/mol. The number of anilines is 1. The Hall–Kier alpha value is -1.63. The quantitative estimate of drug-likeness (QED) is 0.782. The lowest BCUT2D eigenvalue weighted by molar-refractivity contribution is -0.143. The predicted octanol–water partition coefficient (Wildman–Crippen LogP) is 1.62. The lowest BCUT2D eigenvalue weighted by Gasteiger charge is -2.10. The number of amides is 2. The van der Waals surface area contributed by atoms with Crippen LogP contribution in [0.1, 0.15) is 29.8 Å². The van der Waals surface area contributed by atoms with Crippen molar-refractivity contribution in [2.45, 2.75) is 32.1 Å². The highest BCUT2D eigenvalue weighted by Crippen LogP contribution is 2.45. The summed E-state index contributed by atoms with van der Waals surface area (Å²) in [5, 5.41) is 14.9. The van der Waals surface area contributed by atoms with Gasteiger partial charge in [0.15, 0.2) is 5.13 Å². The lowest BCUT2D eigenvalue weighted by Crippen LogP contribution is -2.36. The molecule has 7 heteroatoms. The summed E-state index contributed by atoms with van der Waals surface area (Å²) in [7, 11) is 0. The summed E-state index contributed by atoms with van der Waals surface area (Å²) in [6.07, 6.45) is 4.43. The van der Waals surface area contributed by atoms with Gasteiger partial charge in [-0.3, -0.25) is 10.1 Å². The molecule has 1 aromatic heterocycles. The summed E-state index contributed by atoms with van der Waals surface area (Å²) < 4.78 is 0. The van der Waals surface area contributed by atoms with Gasteiger partial charge in [-0.2, -0.15) is 0 Å². The summed E-state index contributed by atoms with van der Waals surface area (Å²) in [6, 6.07) is -0.375. The van der Waals surface area contributed by atoms with Crippen molar-refractivity contribution < 1.29 is 14.7 Å². The molecule has 0 atom stereocenters. The number of carboxylic acid groups (broad SMARTS) is 1. The average molecular weight is 281 g/mol. The minimum Gasteiger partial charge on any atom is -0.481 e. The van der Waals surface area contributed by atoms with Gasteiger partial charge in [-0.15, -0.1) is 11.3 Å². The van der Waals surface area contributed by atoms with E-state index in [0.29, 0.717) is 18.0 Å². The Morgan fingerprint density at radius 2 is 2.16 bits per heavy atom.